The van der Waals surface area contributed by atoms with E-state index in [2.05, 4.69) is 15.3 Å². The third-order valence-corrected chi connectivity index (χ3v) is 4.30. The van der Waals surface area contributed by atoms with Gasteiger partial charge in [0.25, 0.3) is 0 Å². The molecule has 1 unspecified atom stereocenters. The Morgan fingerprint density at radius 1 is 1.43 bits per heavy atom. The van der Waals surface area contributed by atoms with Crippen LogP contribution in [0.1, 0.15) is 30.6 Å². The van der Waals surface area contributed by atoms with Crippen molar-refractivity contribution in [2.75, 3.05) is 29.7 Å². The molecule has 128 valence electrons. The van der Waals surface area contributed by atoms with Gasteiger partial charge in [-0.25, -0.2) is 19.6 Å². The van der Waals surface area contributed by atoms with Crippen LogP contribution in [0.15, 0.2) is 11.4 Å². The van der Waals surface area contributed by atoms with Crippen molar-refractivity contribution < 1.29 is 19.4 Å². The first kappa shape index (κ1) is 19.6. The fourth-order valence-corrected chi connectivity index (χ4v) is 2.73. The largest absolute Gasteiger partial charge is 0.480 e. The third kappa shape index (κ3) is 6.26. The SMILES string of the molecule is CCOC(=O)c1cnc(SC)nc1NC(CCSCC)C(=O)O. The zero-order valence-corrected chi connectivity index (χ0v) is 15.0. The van der Waals surface area contributed by atoms with E-state index in [0.717, 1.165) is 5.75 Å². The summed E-state index contributed by atoms with van der Waals surface area (Å²) in [7, 11) is 0. The van der Waals surface area contributed by atoms with E-state index in [1.807, 2.05) is 6.92 Å². The van der Waals surface area contributed by atoms with Crippen LogP contribution in [0.5, 0.6) is 0 Å². The van der Waals surface area contributed by atoms with E-state index in [0.29, 0.717) is 17.3 Å². The predicted molar refractivity (Wildman–Crippen MR) is 92.4 cm³/mol. The van der Waals surface area contributed by atoms with Gasteiger partial charge in [-0.1, -0.05) is 18.7 Å². The van der Waals surface area contributed by atoms with Crippen molar-refractivity contribution in [1.82, 2.24) is 9.97 Å². The molecule has 0 spiro atoms. The number of carboxylic acid groups (broad SMARTS) is 1. The van der Waals surface area contributed by atoms with E-state index in [4.69, 9.17) is 4.74 Å². The van der Waals surface area contributed by atoms with Crippen molar-refractivity contribution >= 4 is 41.3 Å². The molecular weight excluding hydrogens is 338 g/mol. The zero-order chi connectivity index (χ0) is 17.2. The highest BCUT2D eigenvalue weighted by Gasteiger charge is 2.22. The number of aliphatic carboxylic acids is 1. The average molecular weight is 359 g/mol. The van der Waals surface area contributed by atoms with Gasteiger partial charge in [-0.2, -0.15) is 11.8 Å². The van der Waals surface area contributed by atoms with E-state index in [9.17, 15) is 14.7 Å². The number of thioether (sulfide) groups is 2. The molecule has 2 N–H and O–H groups in total. The molecule has 0 saturated carbocycles. The number of aromatic nitrogens is 2. The number of esters is 1. The van der Waals surface area contributed by atoms with Crippen LogP contribution in [0.25, 0.3) is 0 Å². The summed E-state index contributed by atoms with van der Waals surface area (Å²) in [6.07, 6.45) is 3.59. The molecule has 23 heavy (non-hydrogen) atoms. The molecule has 0 saturated heterocycles. The molecule has 0 aliphatic rings. The van der Waals surface area contributed by atoms with Gasteiger partial charge < -0.3 is 15.2 Å². The fraction of sp³-hybridized carbons (Fsp3) is 0.571. The monoisotopic (exact) mass is 359 g/mol. The van der Waals surface area contributed by atoms with E-state index in [1.165, 1.54) is 18.0 Å². The standard InChI is InChI=1S/C14H21N3O4S2/c1-4-21-13(20)9-8-15-14(22-3)17-11(9)16-10(12(18)19)6-7-23-5-2/h8,10H,4-7H2,1-3H3,(H,18,19)(H,15,16,17). The number of carbonyl (C=O) groups is 2. The minimum Gasteiger partial charge on any atom is -0.480 e. The van der Waals surface area contributed by atoms with Crippen LogP contribution in [0, 0.1) is 0 Å². The molecule has 0 aliphatic heterocycles. The molecule has 0 bridgehead atoms. The second-order valence-electron chi connectivity index (χ2n) is 4.36. The Morgan fingerprint density at radius 2 is 2.17 bits per heavy atom. The van der Waals surface area contributed by atoms with Crippen molar-refractivity contribution in [1.29, 1.82) is 0 Å². The van der Waals surface area contributed by atoms with E-state index < -0.39 is 18.0 Å². The number of hydrogen-bond acceptors (Lipinski definition) is 8. The molecule has 1 atom stereocenters. The van der Waals surface area contributed by atoms with Crippen molar-refractivity contribution in [2.24, 2.45) is 0 Å². The van der Waals surface area contributed by atoms with Gasteiger partial charge in [0, 0.05) is 6.20 Å². The number of nitrogens with one attached hydrogen (secondary N) is 1. The molecule has 1 aromatic rings. The average Bonchev–Trinajstić information content (AvgIpc) is 2.53. The van der Waals surface area contributed by atoms with Gasteiger partial charge >= 0.3 is 11.9 Å². The molecule has 0 aromatic carbocycles. The first-order valence-electron chi connectivity index (χ1n) is 7.18. The minimum absolute atomic E-state index is 0.138. The molecule has 0 aliphatic carbocycles. The highest BCUT2D eigenvalue weighted by atomic mass is 32.2. The summed E-state index contributed by atoms with van der Waals surface area (Å²) in [6, 6.07) is -0.827. The van der Waals surface area contributed by atoms with E-state index in [-0.39, 0.29) is 18.0 Å². The van der Waals surface area contributed by atoms with Gasteiger partial charge in [0.05, 0.1) is 6.61 Å². The van der Waals surface area contributed by atoms with Gasteiger partial charge in [0.2, 0.25) is 0 Å². The third-order valence-electron chi connectivity index (χ3n) is 2.81. The number of nitrogens with zero attached hydrogens (tertiary/aromatic N) is 2. The molecule has 0 amide bonds. The Labute approximate surface area is 144 Å². The van der Waals surface area contributed by atoms with Crippen LogP contribution >= 0.6 is 23.5 Å². The topological polar surface area (TPSA) is 101 Å². The Morgan fingerprint density at radius 3 is 2.74 bits per heavy atom. The van der Waals surface area contributed by atoms with Crippen molar-refractivity contribution in [3.63, 3.8) is 0 Å². The molecule has 1 heterocycles. The maximum atomic E-state index is 12.0. The lowest BCUT2D eigenvalue weighted by molar-refractivity contribution is -0.137. The molecule has 1 aromatic heterocycles. The zero-order valence-electron chi connectivity index (χ0n) is 13.4. The number of hydrogen-bond donors (Lipinski definition) is 2. The maximum absolute atomic E-state index is 12.0. The number of ether oxygens (including phenoxy) is 1. The lowest BCUT2D eigenvalue weighted by atomic mass is 10.2. The lowest BCUT2D eigenvalue weighted by Gasteiger charge is -2.17. The van der Waals surface area contributed by atoms with E-state index in [1.54, 1.807) is 24.9 Å². The van der Waals surface area contributed by atoms with Crippen molar-refractivity contribution in [3.05, 3.63) is 11.8 Å². The molecule has 7 nitrogen and oxygen atoms in total. The van der Waals surface area contributed by atoms with Gasteiger partial charge in [0.15, 0.2) is 5.16 Å². The number of carboxylic acids is 1. The smallest absolute Gasteiger partial charge is 0.343 e. The summed E-state index contributed by atoms with van der Waals surface area (Å²) < 4.78 is 4.97. The van der Waals surface area contributed by atoms with Crippen LogP contribution < -0.4 is 5.32 Å². The second kappa shape index (κ2) is 10.3. The highest BCUT2D eigenvalue weighted by molar-refractivity contribution is 7.99. The quantitative estimate of drug-likeness (QED) is 0.282. The Hall–Kier alpha value is -1.48. The number of carbonyl (C=O) groups excluding carboxylic acids is 1. The number of rotatable bonds is 10. The van der Waals surface area contributed by atoms with Gasteiger partial charge in [-0.3, -0.25) is 0 Å². The van der Waals surface area contributed by atoms with Crippen LogP contribution in [-0.4, -0.2) is 57.4 Å². The molecule has 9 heteroatoms. The first-order chi connectivity index (χ1) is 11.0. The number of anilines is 1. The van der Waals surface area contributed by atoms with E-state index >= 15 is 0 Å². The van der Waals surface area contributed by atoms with Crippen LogP contribution in [0.2, 0.25) is 0 Å². The Kier molecular flexibility index (Phi) is 8.78. The summed E-state index contributed by atoms with van der Waals surface area (Å²) in [5.41, 5.74) is 0.138. The molecular formula is C14H21N3O4S2. The van der Waals surface area contributed by atoms with Gasteiger partial charge in [-0.05, 0) is 31.1 Å². The predicted octanol–water partition coefficient (Wildman–Crippen LogP) is 2.38. The van der Waals surface area contributed by atoms with Gasteiger partial charge in [0.1, 0.15) is 17.4 Å². The molecule has 1 rings (SSSR count). The highest BCUT2D eigenvalue weighted by Crippen LogP contribution is 2.19. The summed E-state index contributed by atoms with van der Waals surface area (Å²) in [4.78, 5) is 31.7. The summed E-state index contributed by atoms with van der Waals surface area (Å²) >= 11 is 2.97. The Balaban J connectivity index is 3.01. The second-order valence-corrected chi connectivity index (χ2v) is 6.53. The van der Waals surface area contributed by atoms with Gasteiger partial charge in [-0.15, -0.1) is 0 Å². The van der Waals surface area contributed by atoms with Crippen molar-refractivity contribution in [2.45, 2.75) is 31.5 Å². The van der Waals surface area contributed by atoms with Crippen LogP contribution in [0.4, 0.5) is 5.82 Å². The van der Waals surface area contributed by atoms with Crippen LogP contribution in [0.3, 0.4) is 0 Å². The summed E-state index contributed by atoms with van der Waals surface area (Å²) in [5.74, 6) is 0.257. The van der Waals surface area contributed by atoms with Crippen LogP contribution in [-0.2, 0) is 9.53 Å². The fourth-order valence-electron chi connectivity index (χ4n) is 1.70. The normalized spacial score (nSPS) is 11.8. The first-order valence-corrected chi connectivity index (χ1v) is 9.56. The maximum Gasteiger partial charge on any atom is 0.343 e. The summed E-state index contributed by atoms with van der Waals surface area (Å²) in [5, 5.41) is 12.7. The summed E-state index contributed by atoms with van der Waals surface area (Å²) in [6.45, 7) is 3.93. The molecule has 0 radical (unpaired) electrons. The Bertz CT molecular complexity index is 543. The lowest BCUT2D eigenvalue weighted by Crippen LogP contribution is -2.31. The van der Waals surface area contributed by atoms with Crippen molar-refractivity contribution in [3.8, 4) is 0 Å². The molecule has 0 fully saturated rings. The minimum atomic E-state index is -0.985.